The first-order valence-electron chi connectivity index (χ1n) is 5.25. The van der Waals surface area contributed by atoms with Crippen LogP contribution in [0, 0.1) is 10.1 Å². The number of anilines is 1. The third kappa shape index (κ3) is 4.19. The van der Waals surface area contributed by atoms with Gasteiger partial charge in [-0.1, -0.05) is 0 Å². The van der Waals surface area contributed by atoms with E-state index in [1.807, 2.05) is 0 Å². The summed E-state index contributed by atoms with van der Waals surface area (Å²) < 4.78 is 36.3. The molecule has 0 bridgehead atoms. The van der Waals surface area contributed by atoms with Gasteiger partial charge in [0.15, 0.2) is 0 Å². The van der Waals surface area contributed by atoms with Gasteiger partial charge in [0.1, 0.15) is 12.0 Å². The molecule has 1 rings (SSSR count). The molecule has 1 aromatic rings. The smallest absolute Gasteiger partial charge is 0.357 e. The van der Waals surface area contributed by atoms with Gasteiger partial charge in [-0.05, 0) is 13.0 Å². The monoisotopic (exact) mass is 263 g/mol. The van der Waals surface area contributed by atoms with Crippen LogP contribution in [0.25, 0.3) is 0 Å². The predicted molar refractivity (Wildman–Crippen MR) is 59.5 cm³/mol. The van der Waals surface area contributed by atoms with Crippen LogP contribution in [0.5, 0.6) is 0 Å². The maximum atomic E-state index is 12.1. The number of rotatable bonds is 5. The first kappa shape index (κ1) is 14.2. The number of nitrogens with zero attached hydrogens (tertiary/aromatic N) is 3. The molecule has 0 aromatic carbocycles. The second kappa shape index (κ2) is 5.65. The van der Waals surface area contributed by atoms with E-state index in [9.17, 15) is 23.3 Å². The summed E-state index contributed by atoms with van der Waals surface area (Å²) in [4.78, 5) is 15.0. The van der Waals surface area contributed by atoms with Gasteiger partial charge in [-0.2, -0.15) is 13.2 Å². The summed E-state index contributed by atoms with van der Waals surface area (Å²) >= 11 is 0. The summed E-state index contributed by atoms with van der Waals surface area (Å²) in [6, 6.07) is 2.57. The minimum absolute atomic E-state index is 0.189. The van der Waals surface area contributed by atoms with Crippen LogP contribution in [0.15, 0.2) is 18.3 Å². The highest BCUT2D eigenvalue weighted by Crippen LogP contribution is 2.22. The van der Waals surface area contributed by atoms with Crippen molar-refractivity contribution >= 4 is 11.5 Å². The van der Waals surface area contributed by atoms with E-state index in [0.29, 0.717) is 12.4 Å². The zero-order chi connectivity index (χ0) is 13.8. The van der Waals surface area contributed by atoms with Crippen molar-refractivity contribution in [1.29, 1.82) is 0 Å². The molecule has 0 atom stereocenters. The SMILES string of the molecule is CCN(CCC(F)(F)F)c1ccc([N+](=O)[O-])cn1. The van der Waals surface area contributed by atoms with Crippen LogP contribution in [0.2, 0.25) is 0 Å². The second-order valence-corrected chi connectivity index (χ2v) is 3.58. The summed E-state index contributed by atoms with van der Waals surface area (Å²) in [5.41, 5.74) is -0.189. The Bertz CT molecular complexity index is 406. The van der Waals surface area contributed by atoms with Crippen LogP contribution in [0.3, 0.4) is 0 Å². The highest BCUT2D eigenvalue weighted by Gasteiger charge is 2.27. The Morgan fingerprint density at radius 3 is 2.50 bits per heavy atom. The molecule has 0 N–H and O–H groups in total. The lowest BCUT2D eigenvalue weighted by molar-refractivity contribution is -0.385. The lowest BCUT2D eigenvalue weighted by atomic mass is 10.3. The zero-order valence-electron chi connectivity index (χ0n) is 9.65. The maximum Gasteiger partial charge on any atom is 0.390 e. The van der Waals surface area contributed by atoms with Crippen LogP contribution >= 0.6 is 0 Å². The van der Waals surface area contributed by atoms with Crippen molar-refractivity contribution in [1.82, 2.24) is 4.98 Å². The third-order valence-corrected chi connectivity index (χ3v) is 2.31. The molecule has 0 aliphatic heterocycles. The van der Waals surface area contributed by atoms with Gasteiger partial charge in [0.25, 0.3) is 5.69 Å². The number of alkyl halides is 3. The van der Waals surface area contributed by atoms with Crippen molar-refractivity contribution in [2.24, 2.45) is 0 Å². The van der Waals surface area contributed by atoms with E-state index in [1.54, 1.807) is 6.92 Å². The fourth-order valence-electron chi connectivity index (χ4n) is 1.37. The number of halogens is 3. The van der Waals surface area contributed by atoms with Gasteiger partial charge in [-0.3, -0.25) is 10.1 Å². The molecular formula is C10H12F3N3O2. The van der Waals surface area contributed by atoms with Crippen LogP contribution in [-0.2, 0) is 0 Å². The summed E-state index contributed by atoms with van der Waals surface area (Å²) in [7, 11) is 0. The van der Waals surface area contributed by atoms with Crippen LogP contribution in [0.4, 0.5) is 24.7 Å². The molecule has 0 aliphatic carbocycles. The van der Waals surface area contributed by atoms with Crippen LogP contribution < -0.4 is 4.90 Å². The Balaban J connectivity index is 2.73. The molecule has 0 aliphatic rings. The second-order valence-electron chi connectivity index (χ2n) is 3.58. The number of aromatic nitrogens is 1. The van der Waals surface area contributed by atoms with E-state index in [1.165, 1.54) is 17.0 Å². The van der Waals surface area contributed by atoms with E-state index >= 15 is 0 Å². The van der Waals surface area contributed by atoms with Gasteiger partial charge in [-0.15, -0.1) is 0 Å². The van der Waals surface area contributed by atoms with Gasteiger partial charge in [0, 0.05) is 19.2 Å². The fourth-order valence-corrected chi connectivity index (χ4v) is 1.37. The topological polar surface area (TPSA) is 59.3 Å². The minimum atomic E-state index is -4.23. The van der Waals surface area contributed by atoms with Gasteiger partial charge in [0.05, 0.1) is 11.3 Å². The normalized spacial score (nSPS) is 11.3. The number of hydrogen-bond acceptors (Lipinski definition) is 4. The minimum Gasteiger partial charge on any atom is -0.357 e. The Morgan fingerprint density at radius 1 is 1.44 bits per heavy atom. The van der Waals surface area contributed by atoms with Crippen molar-refractivity contribution in [3.8, 4) is 0 Å². The quantitative estimate of drug-likeness (QED) is 0.605. The standard InChI is InChI=1S/C10H12F3N3O2/c1-2-15(6-5-10(11,12)13)9-4-3-8(7-14-9)16(17)18/h3-4,7H,2,5-6H2,1H3. The molecule has 5 nitrogen and oxygen atoms in total. The van der Waals surface area contributed by atoms with E-state index in [0.717, 1.165) is 6.20 Å². The molecule has 0 spiro atoms. The van der Waals surface area contributed by atoms with Crippen molar-refractivity contribution in [2.75, 3.05) is 18.0 Å². The van der Waals surface area contributed by atoms with E-state index < -0.39 is 17.5 Å². The lowest BCUT2D eigenvalue weighted by Gasteiger charge is -2.22. The summed E-state index contributed by atoms with van der Waals surface area (Å²) in [5.74, 6) is 0.298. The van der Waals surface area contributed by atoms with Gasteiger partial charge in [0.2, 0.25) is 0 Å². The largest absolute Gasteiger partial charge is 0.390 e. The molecule has 0 fully saturated rings. The first-order valence-corrected chi connectivity index (χ1v) is 5.25. The summed E-state index contributed by atoms with van der Waals surface area (Å²) in [5, 5.41) is 10.4. The molecule has 8 heteroatoms. The highest BCUT2D eigenvalue weighted by molar-refractivity contribution is 5.42. The molecule has 1 aromatic heterocycles. The summed E-state index contributed by atoms with van der Waals surface area (Å²) in [6.45, 7) is 1.82. The Morgan fingerprint density at radius 2 is 2.11 bits per heavy atom. The average Bonchev–Trinajstić information content (AvgIpc) is 2.29. The van der Waals surface area contributed by atoms with Gasteiger partial charge >= 0.3 is 6.18 Å². The molecule has 0 saturated carbocycles. The fraction of sp³-hybridized carbons (Fsp3) is 0.500. The van der Waals surface area contributed by atoms with Gasteiger partial charge < -0.3 is 4.90 Å². The van der Waals surface area contributed by atoms with E-state index in [-0.39, 0.29) is 12.2 Å². The van der Waals surface area contributed by atoms with Crippen LogP contribution in [-0.4, -0.2) is 29.2 Å². The van der Waals surface area contributed by atoms with Crippen molar-refractivity contribution in [3.05, 3.63) is 28.4 Å². The lowest BCUT2D eigenvalue weighted by Crippen LogP contribution is -2.28. The molecule has 0 saturated heterocycles. The Hall–Kier alpha value is -1.86. The number of hydrogen-bond donors (Lipinski definition) is 0. The van der Waals surface area contributed by atoms with E-state index in [4.69, 9.17) is 0 Å². The predicted octanol–water partition coefficient (Wildman–Crippen LogP) is 2.77. The van der Waals surface area contributed by atoms with Gasteiger partial charge in [-0.25, -0.2) is 4.98 Å². The first-order chi connectivity index (χ1) is 8.33. The van der Waals surface area contributed by atoms with E-state index in [2.05, 4.69) is 4.98 Å². The van der Waals surface area contributed by atoms with Crippen LogP contribution in [0.1, 0.15) is 13.3 Å². The maximum absolute atomic E-state index is 12.1. The Labute approximate surface area is 101 Å². The molecule has 0 radical (unpaired) electrons. The average molecular weight is 263 g/mol. The molecular weight excluding hydrogens is 251 g/mol. The van der Waals surface area contributed by atoms with Crippen molar-refractivity contribution in [2.45, 2.75) is 19.5 Å². The number of pyridine rings is 1. The molecule has 0 unspecified atom stereocenters. The molecule has 0 amide bonds. The highest BCUT2D eigenvalue weighted by atomic mass is 19.4. The molecule has 18 heavy (non-hydrogen) atoms. The summed E-state index contributed by atoms with van der Waals surface area (Å²) in [6.07, 6.45) is -4.14. The van der Waals surface area contributed by atoms with Crippen molar-refractivity contribution < 1.29 is 18.1 Å². The zero-order valence-corrected chi connectivity index (χ0v) is 9.65. The number of nitro groups is 1. The van der Waals surface area contributed by atoms with Crippen molar-refractivity contribution in [3.63, 3.8) is 0 Å². The third-order valence-electron chi connectivity index (χ3n) is 2.31. The Kier molecular flexibility index (Phi) is 4.46. The molecule has 100 valence electrons. The molecule has 1 heterocycles.